The number of aromatic nitrogens is 1. The molecule has 2 aromatic heterocycles. The molecule has 122 valence electrons. The van der Waals surface area contributed by atoms with Crippen molar-refractivity contribution in [1.82, 2.24) is 4.98 Å². The molecule has 6 heteroatoms. The van der Waals surface area contributed by atoms with Gasteiger partial charge in [0.25, 0.3) is 0 Å². The summed E-state index contributed by atoms with van der Waals surface area (Å²) < 4.78 is 17.1. The van der Waals surface area contributed by atoms with Gasteiger partial charge < -0.3 is 24.4 Å². The monoisotopic (exact) mass is 324 g/mol. The Balaban J connectivity index is 2.07. The number of hydrogen-bond donors (Lipinski definition) is 2. The minimum absolute atomic E-state index is 0.321. The van der Waals surface area contributed by atoms with E-state index < -0.39 is 6.23 Å². The Bertz CT molecular complexity index is 1050. The van der Waals surface area contributed by atoms with Crippen LogP contribution in [0.3, 0.4) is 0 Å². The van der Waals surface area contributed by atoms with E-state index in [1.807, 2.05) is 30.3 Å². The Morgan fingerprint density at radius 2 is 1.96 bits per heavy atom. The lowest BCUT2D eigenvalue weighted by molar-refractivity contribution is 0.180. The van der Waals surface area contributed by atoms with E-state index in [1.165, 1.54) is 0 Å². The van der Waals surface area contributed by atoms with Gasteiger partial charge in [-0.05, 0) is 25.1 Å². The van der Waals surface area contributed by atoms with Gasteiger partial charge in [-0.15, -0.1) is 0 Å². The minimum atomic E-state index is -1.18. The first-order valence-electron chi connectivity index (χ1n) is 7.49. The lowest BCUT2D eigenvalue weighted by Gasteiger charge is -2.03. The van der Waals surface area contributed by atoms with Crippen LogP contribution in [0.5, 0.6) is 5.75 Å². The molecule has 0 aliphatic heterocycles. The first-order chi connectivity index (χ1) is 11.6. The van der Waals surface area contributed by atoms with Crippen molar-refractivity contribution >= 4 is 21.9 Å². The van der Waals surface area contributed by atoms with Crippen molar-refractivity contribution < 1.29 is 18.7 Å². The molecule has 0 fully saturated rings. The molecule has 0 aliphatic rings. The number of nitrogens with zero attached hydrogens (tertiary/aromatic N) is 1. The van der Waals surface area contributed by atoms with E-state index in [1.54, 1.807) is 20.1 Å². The maximum absolute atomic E-state index is 9.61. The molecule has 0 amide bonds. The lowest BCUT2D eigenvalue weighted by atomic mass is 10.1. The minimum Gasteiger partial charge on any atom is -0.493 e. The molecule has 0 radical (unpaired) electrons. The van der Waals surface area contributed by atoms with Gasteiger partial charge in [-0.25, -0.2) is 4.98 Å². The molecule has 24 heavy (non-hydrogen) atoms. The van der Waals surface area contributed by atoms with Gasteiger partial charge in [0.2, 0.25) is 5.89 Å². The average Bonchev–Trinajstić information content (AvgIpc) is 3.15. The number of aliphatic hydroxyl groups excluding tert-OH is 1. The second-order valence-corrected chi connectivity index (χ2v) is 5.52. The molecule has 3 N–H and O–H groups in total. The van der Waals surface area contributed by atoms with Crippen molar-refractivity contribution in [3.63, 3.8) is 0 Å². The Kier molecular flexibility index (Phi) is 3.30. The number of hydrogen-bond acceptors (Lipinski definition) is 6. The van der Waals surface area contributed by atoms with Crippen molar-refractivity contribution in [2.24, 2.45) is 5.73 Å². The highest BCUT2D eigenvalue weighted by Gasteiger charge is 2.21. The van der Waals surface area contributed by atoms with Crippen LogP contribution in [0.15, 0.2) is 45.2 Å². The van der Waals surface area contributed by atoms with Crippen LogP contribution in [0.1, 0.15) is 17.7 Å². The molecule has 0 bridgehead atoms. The van der Waals surface area contributed by atoms with Gasteiger partial charge in [0.1, 0.15) is 23.3 Å². The van der Waals surface area contributed by atoms with Gasteiger partial charge in [-0.3, -0.25) is 0 Å². The third-order valence-corrected chi connectivity index (χ3v) is 4.05. The highest BCUT2D eigenvalue weighted by Crippen LogP contribution is 2.41. The number of aliphatic hydroxyl groups is 1. The Morgan fingerprint density at radius 3 is 2.67 bits per heavy atom. The van der Waals surface area contributed by atoms with E-state index >= 15 is 0 Å². The van der Waals surface area contributed by atoms with Crippen LogP contribution in [0.25, 0.3) is 33.4 Å². The fourth-order valence-electron chi connectivity index (χ4n) is 2.94. The molecule has 0 aliphatic carbocycles. The van der Waals surface area contributed by atoms with Gasteiger partial charge in [-0.2, -0.15) is 0 Å². The second-order valence-electron chi connectivity index (χ2n) is 5.52. The first kappa shape index (κ1) is 14.7. The van der Waals surface area contributed by atoms with Crippen LogP contribution in [-0.2, 0) is 0 Å². The maximum Gasteiger partial charge on any atom is 0.227 e. The Hall–Kier alpha value is -2.83. The van der Waals surface area contributed by atoms with E-state index in [0.717, 1.165) is 21.9 Å². The molecule has 0 spiro atoms. The topological polar surface area (TPSA) is 94.7 Å². The molecule has 4 rings (SSSR count). The second kappa shape index (κ2) is 5.36. The molecule has 2 aromatic carbocycles. The maximum atomic E-state index is 9.61. The third-order valence-electron chi connectivity index (χ3n) is 4.05. The molecule has 1 atom stereocenters. The summed E-state index contributed by atoms with van der Waals surface area (Å²) in [5.74, 6) is 1.50. The number of furan rings is 1. The van der Waals surface area contributed by atoms with Crippen LogP contribution in [0.4, 0.5) is 0 Å². The largest absolute Gasteiger partial charge is 0.493 e. The summed E-state index contributed by atoms with van der Waals surface area (Å²) in [6, 6.07) is 11.4. The van der Waals surface area contributed by atoms with Gasteiger partial charge >= 0.3 is 0 Å². The number of benzene rings is 2. The van der Waals surface area contributed by atoms with E-state index in [0.29, 0.717) is 28.7 Å². The standard InChI is InChI=1S/C18H16N2O4/c1-9-15(17(19)21)20-18(23-9)11-7-8-13(22-2)16-14(11)10-5-3-4-6-12(10)24-16/h3-8,17,21H,19H2,1-2H3. The number of ether oxygens (including phenoxy) is 1. The number of oxazole rings is 1. The molecule has 4 aromatic rings. The molecular weight excluding hydrogens is 308 g/mol. The SMILES string of the molecule is COc1ccc(-c2nc(C(N)O)c(C)o2)c2c1oc1ccccc12. The Labute approximate surface area is 137 Å². The van der Waals surface area contributed by atoms with Crippen LogP contribution < -0.4 is 10.5 Å². The first-order valence-corrected chi connectivity index (χ1v) is 7.49. The van der Waals surface area contributed by atoms with Gasteiger partial charge in [0, 0.05) is 16.3 Å². The lowest BCUT2D eigenvalue weighted by Crippen LogP contribution is -2.10. The van der Waals surface area contributed by atoms with Gasteiger partial charge in [0.15, 0.2) is 11.3 Å². The van der Waals surface area contributed by atoms with Crippen LogP contribution >= 0.6 is 0 Å². The highest BCUT2D eigenvalue weighted by atomic mass is 16.5. The smallest absolute Gasteiger partial charge is 0.227 e. The van der Waals surface area contributed by atoms with Gasteiger partial charge in [0.05, 0.1) is 7.11 Å². The number of nitrogens with two attached hydrogens (primary N) is 1. The average molecular weight is 324 g/mol. The highest BCUT2D eigenvalue weighted by molar-refractivity contribution is 6.13. The van der Waals surface area contributed by atoms with Crippen molar-refractivity contribution in [1.29, 1.82) is 0 Å². The quantitative estimate of drug-likeness (QED) is 0.560. The van der Waals surface area contributed by atoms with Crippen molar-refractivity contribution in [3.8, 4) is 17.2 Å². The van der Waals surface area contributed by atoms with Crippen molar-refractivity contribution in [2.75, 3.05) is 7.11 Å². The summed E-state index contributed by atoms with van der Waals surface area (Å²) in [5.41, 5.74) is 7.98. The number of methoxy groups -OCH3 is 1. The van der Waals surface area contributed by atoms with E-state index in [4.69, 9.17) is 19.3 Å². The summed E-state index contributed by atoms with van der Waals surface area (Å²) in [7, 11) is 1.60. The summed E-state index contributed by atoms with van der Waals surface area (Å²) in [6.07, 6.45) is -1.18. The predicted octanol–water partition coefficient (Wildman–Crippen LogP) is 3.51. The number of rotatable bonds is 3. The molecule has 0 saturated heterocycles. The molecule has 1 unspecified atom stereocenters. The van der Waals surface area contributed by atoms with E-state index in [2.05, 4.69) is 4.98 Å². The van der Waals surface area contributed by atoms with Gasteiger partial charge in [-0.1, -0.05) is 18.2 Å². The molecule has 2 heterocycles. The fourth-order valence-corrected chi connectivity index (χ4v) is 2.94. The summed E-state index contributed by atoms with van der Waals surface area (Å²) in [5, 5.41) is 11.4. The number of aryl methyl sites for hydroxylation is 1. The van der Waals surface area contributed by atoms with Crippen LogP contribution in [0.2, 0.25) is 0 Å². The van der Waals surface area contributed by atoms with E-state index in [9.17, 15) is 5.11 Å². The molecular formula is C18H16N2O4. The zero-order valence-corrected chi connectivity index (χ0v) is 13.2. The summed E-state index contributed by atoms with van der Waals surface area (Å²) >= 11 is 0. The molecule has 6 nitrogen and oxygen atoms in total. The van der Waals surface area contributed by atoms with Crippen molar-refractivity contribution in [2.45, 2.75) is 13.2 Å². The summed E-state index contributed by atoms with van der Waals surface area (Å²) in [4.78, 5) is 4.35. The van der Waals surface area contributed by atoms with Crippen LogP contribution in [-0.4, -0.2) is 17.2 Å². The normalized spacial score (nSPS) is 12.8. The number of para-hydroxylation sites is 1. The summed E-state index contributed by atoms with van der Waals surface area (Å²) in [6.45, 7) is 1.72. The molecule has 0 saturated carbocycles. The Morgan fingerprint density at radius 1 is 1.17 bits per heavy atom. The fraction of sp³-hybridized carbons (Fsp3) is 0.167. The number of fused-ring (bicyclic) bond motifs is 3. The van der Waals surface area contributed by atoms with Crippen LogP contribution in [0, 0.1) is 6.92 Å². The van der Waals surface area contributed by atoms with E-state index in [-0.39, 0.29) is 0 Å². The zero-order valence-electron chi connectivity index (χ0n) is 13.2. The van der Waals surface area contributed by atoms with Crippen molar-refractivity contribution in [3.05, 3.63) is 47.9 Å². The predicted molar refractivity (Wildman–Crippen MR) is 89.7 cm³/mol. The zero-order chi connectivity index (χ0) is 16.8. The third kappa shape index (κ3) is 2.08.